The quantitative estimate of drug-likeness (QED) is 0.395. The van der Waals surface area contributed by atoms with E-state index in [4.69, 9.17) is 0 Å². The second-order valence-corrected chi connectivity index (χ2v) is 6.65. The normalized spacial score (nSPS) is 17.0. The van der Waals surface area contributed by atoms with Crippen molar-refractivity contribution in [1.29, 1.82) is 0 Å². The van der Waals surface area contributed by atoms with Gasteiger partial charge in [0.25, 0.3) is 0 Å². The molecule has 2 heterocycles. The second kappa shape index (κ2) is 11.2. The highest BCUT2D eigenvalue weighted by Crippen LogP contribution is 2.19. The van der Waals surface area contributed by atoms with E-state index < -0.39 is 11.9 Å². The summed E-state index contributed by atoms with van der Waals surface area (Å²) in [7, 11) is 0. The lowest BCUT2D eigenvalue weighted by Gasteiger charge is -2.13. The fourth-order valence-electron chi connectivity index (χ4n) is 2.18. The first-order chi connectivity index (χ1) is 13.1. The van der Waals surface area contributed by atoms with E-state index >= 15 is 0 Å². The summed E-state index contributed by atoms with van der Waals surface area (Å²) >= 11 is 1.58. The number of aliphatic imine (C=N–C) groups is 4. The Hall–Kier alpha value is -2.56. The highest BCUT2D eigenvalue weighted by atomic mass is 32.2. The minimum absolute atomic E-state index is 0.162. The number of hydrogen-bond acceptors (Lipinski definition) is 9. The maximum absolute atomic E-state index is 11.7. The monoisotopic (exact) mass is 394 g/mol. The van der Waals surface area contributed by atoms with Crippen molar-refractivity contribution in [3.8, 4) is 0 Å². The lowest BCUT2D eigenvalue weighted by Crippen LogP contribution is -2.39. The minimum Gasteiger partial charge on any atom is -0.465 e. The van der Waals surface area contributed by atoms with Gasteiger partial charge in [-0.2, -0.15) is 0 Å². The van der Waals surface area contributed by atoms with Crippen molar-refractivity contribution >= 4 is 53.1 Å². The zero-order valence-electron chi connectivity index (χ0n) is 15.0. The Bertz CT molecular complexity index is 688. The summed E-state index contributed by atoms with van der Waals surface area (Å²) in [5.41, 5.74) is 0. The Morgan fingerprint density at radius 3 is 2.74 bits per heavy atom. The number of amides is 2. The van der Waals surface area contributed by atoms with Gasteiger partial charge in [-0.25, -0.2) is 15.0 Å². The van der Waals surface area contributed by atoms with E-state index in [1.165, 1.54) is 12.7 Å². The molecule has 0 bridgehead atoms. The Morgan fingerprint density at radius 2 is 1.93 bits per heavy atom. The molecule has 0 aliphatic carbocycles. The summed E-state index contributed by atoms with van der Waals surface area (Å²) in [6.45, 7) is 1.58. The first-order valence-electron chi connectivity index (χ1n) is 8.61. The summed E-state index contributed by atoms with van der Waals surface area (Å²) in [6, 6.07) is -0.184. The van der Waals surface area contributed by atoms with Gasteiger partial charge in [-0.3, -0.25) is 19.4 Å². The fraction of sp³-hybridized carbons (Fsp3) is 0.562. The molecule has 0 aromatic heterocycles. The number of hydrogen-bond donors (Lipinski definition) is 2. The second-order valence-electron chi connectivity index (χ2n) is 5.53. The number of carbonyl (C=O) groups excluding carboxylic acids is 3. The number of amidine groups is 1. The van der Waals surface area contributed by atoms with Gasteiger partial charge < -0.3 is 15.4 Å². The van der Waals surface area contributed by atoms with Crippen LogP contribution in [0.5, 0.6) is 0 Å². The van der Waals surface area contributed by atoms with E-state index in [0.717, 1.165) is 17.2 Å². The maximum atomic E-state index is 11.7. The third-order valence-electron chi connectivity index (χ3n) is 3.49. The Morgan fingerprint density at radius 1 is 1.11 bits per heavy atom. The number of rotatable bonds is 10. The molecule has 0 aromatic carbocycles. The molecule has 0 spiro atoms. The molecule has 1 unspecified atom stereocenters. The zero-order chi connectivity index (χ0) is 19.5. The molecule has 2 amide bonds. The molecule has 0 saturated heterocycles. The van der Waals surface area contributed by atoms with Crippen molar-refractivity contribution in [1.82, 2.24) is 10.6 Å². The van der Waals surface area contributed by atoms with Crippen molar-refractivity contribution in [2.75, 3.05) is 25.4 Å². The van der Waals surface area contributed by atoms with Crippen molar-refractivity contribution in [2.45, 2.75) is 32.2 Å². The molecular formula is C16H22N6O4S. The van der Waals surface area contributed by atoms with E-state index in [-0.39, 0.29) is 31.6 Å². The molecule has 10 nitrogen and oxygen atoms in total. The molecule has 2 aliphatic heterocycles. The SMILES string of the molecule is CCOC(=O)CNC(=O)CNC(=O)CCCCSC1=NC=NC2=NC=NC21. The average Bonchev–Trinajstić information content (AvgIpc) is 3.14. The van der Waals surface area contributed by atoms with Crippen LogP contribution in [0.4, 0.5) is 0 Å². The summed E-state index contributed by atoms with van der Waals surface area (Å²) in [5.74, 6) is 0.319. The molecule has 1 atom stereocenters. The summed E-state index contributed by atoms with van der Waals surface area (Å²) in [6.07, 6.45) is 4.82. The number of carbonyl (C=O) groups is 3. The van der Waals surface area contributed by atoms with Gasteiger partial charge in [-0.15, -0.1) is 11.8 Å². The Balaban J connectivity index is 1.51. The van der Waals surface area contributed by atoms with Gasteiger partial charge in [0.2, 0.25) is 11.8 Å². The van der Waals surface area contributed by atoms with Crippen LogP contribution in [0.1, 0.15) is 26.2 Å². The number of nitrogens with zero attached hydrogens (tertiary/aromatic N) is 4. The number of thioether (sulfide) groups is 1. The van der Waals surface area contributed by atoms with Crippen LogP contribution in [-0.4, -0.2) is 72.8 Å². The molecule has 2 rings (SSSR count). The molecule has 0 aromatic rings. The van der Waals surface area contributed by atoms with Gasteiger partial charge in [0.15, 0.2) is 11.9 Å². The van der Waals surface area contributed by atoms with Crippen LogP contribution in [0.3, 0.4) is 0 Å². The van der Waals surface area contributed by atoms with Gasteiger partial charge in [0, 0.05) is 6.42 Å². The van der Waals surface area contributed by atoms with Gasteiger partial charge in [0.05, 0.1) is 13.2 Å². The van der Waals surface area contributed by atoms with E-state index in [0.29, 0.717) is 18.7 Å². The van der Waals surface area contributed by atoms with Crippen molar-refractivity contribution in [3.05, 3.63) is 0 Å². The smallest absolute Gasteiger partial charge is 0.325 e. The van der Waals surface area contributed by atoms with Crippen molar-refractivity contribution in [2.24, 2.45) is 20.0 Å². The van der Waals surface area contributed by atoms with Gasteiger partial charge in [-0.1, -0.05) is 0 Å². The molecular weight excluding hydrogens is 372 g/mol. The van der Waals surface area contributed by atoms with Crippen molar-refractivity contribution < 1.29 is 19.1 Å². The molecule has 146 valence electrons. The molecule has 0 fully saturated rings. The highest BCUT2D eigenvalue weighted by molar-refractivity contribution is 8.14. The van der Waals surface area contributed by atoms with Crippen LogP contribution in [0.15, 0.2) is 20.0 Å². The van der Waals surface area contributed by atoms with E-state index in [1.54, 1.807) is 18.7 Å². The predicted octanol–water partition coefficient (Wildman–Crippen LogP) is -0.0652. The van der Waals surface area contributed by atoms with Gasteiger partial charge in [0.1, 0.15) is 24.3 Å². The highest BCUT2D eigenvalue weighted by Gasteiger charge is 2.26. The first-order valence-corrected chi connectivity index (χ1v) is 9.60. The molecule has 2 N–H and O–H groups in total. The van der Waals surface area contributed by atoms with Gasteiger partial charge in [-0.05, 0) is 25.5 Å². The van der Waals surface area contributed by atoms with E-state index in [2.05, 4.69) is 35.3 Å². The maximum Gasteiger partial charge on any atom is 0.325 e. The van der Waals surface area contributed by atoms with Crippen LogP contribution >= 0.6 is 11.8 Å². The van der Waals surface area contributed by atoms with E-state index in [9.17, 15) is 14.4 Å². The standard InChI is InChI=1S/C16H22N6O4S/c1-2-26-13(25)8-18-12(24)7-17-11(23)5-3-4-6-27-16-14-15(20-9-19-14)21-10-22-16/h9-10,14H,2-8H2,1H3,(H,17,23)(H,18,24). The van der Waals surface area contributed by atoms with Crippen LogP contribution in [0.2, 0.25) is 0 Å². The largest absolute Gasteiger partial charge is 0.465 e. The molecule has 2 aliphatic rings. The molecule has 0 saturated carbocycles. The van der Waals surface area contributed by atoms with Crippen LogP contribution < -0.4 is 10.6 Å². The minimum atomic E-state index is -0.509. The van der Waals surface area contributed by atoms with Crippen LogP contribution in [0.25, 0.3) is 0 Å². The fourth-order valence-corrected chi connectivity index (χ4v) is 3.19. The Labute approximate surface area is 161 Å². The molecule has 11 heteroatoms. The number of esters is 1. The third-order valence-corrected chi connectivity index (χ3v) is 4.61. The summed E-state index contributed by atoms with van der Waals surface area (Å²) in [5, 5.41) is 5.76. The number of nitrogens with one attached hydrogen (secondary N) is 2. The lowest BCUT2D eigenvalue weighted by atomic mass is 10.2. The number of fused-ring (bicyclic) bond motifs is 1. The third kappa shape index (κ3) is 7.29. The number of unbranched alkanes of at least 4 members (excludes halogenated alkanes) is 1. The topological polar surface area (TPSA) is 134 Å². The first kappa shape index (κ1) is 20.7. The Kier molecular flexibility index (Phi) is 8.62. The predicted molar refractivity (Wildman–Crippen MR) is 105 cm³/mol. The van der Waals surface area contributed by atoms with Crippen LogP contribution in [0, 0.1) is 0 Å². The lowest BCUT2D eigenvalue weighted by molar-refractivity contribution is -0.143. The summed E-state index contributed by atoms with van der Waals surface area (Å²) in [4.78, 5) is 50.9. The number of ether oxygens (including phenoxy) is 1. The summed E-state index contributed by atoms with van der Waals surface area (Å²) < 4.78 is 4.69. The van der Waals surface area contributed by atoms with Gasteiger partial charge >= 0.3 is 5.97 Å². The van der Waals surface area contributed by atoms with E-state index in [1.807, 2.05) is 0 Å². The molecule has 27 heavy (non-hydrogen) atoms. The zero-order valence-corrected chi connectivity index (χ0v) is 15.8. The average molecular weight is 394 g/mol. The van der Waals surface area contributed by atoms with Crippen LogP contribution in [-0.2, 0) is 19.1 Å². The van der Waals surface area contributed by atoms with Crippen molar-refractivity contribution in [3.63, 3.8) is 0 Å². The molecule has 0 radical (unpaired) electrons.